The predicted molar refractivity (Wildman–Crippen MR) is 121 cm³/mol. The monoisotopic (exact) mass is 441 g/mol. The molecule has 0 unspecified atom stereocenters. The van der Waals surface area contributed by atoms with Crippen LogP contribution in [0.3, 0.4) is 0 Å². The average Bonchev–Trinajstić information content (AvgIpc) is 3.59. The van der Waals surface area contributed by atoms with Crippen molar-refractivity contribution in [3.8, 4) is 0 Å². The summed E-state index contributed by atoms with van der Waals surface area (Å²) in [7, 11) is 0. The van der Waals surface area contributed by atoms with Gasteiger partial charge in [-0.05, 0) is 43.2 Å². The maximum absolute atomic E-state index is 12.9. The third kappa shape index (κ3) is 3.89. The molecule has 0 bridgehead atoms. The minimum atomic E-state index is -0.0332. The van der Waals surface area contributed by atoms with Gasteiger partial charge in [-0.3, -0.25) is 4.79 Å². The van der Waals surface area contributed by atoms with E-state index in [-0.39, 0.29) is 5.91 Å². The van der Waals surface area contributed by atoms with Crippen molar-refractivity contribution >= 4 is 51.8 Å². The molecule has 2 aromatic carbocycles. The van der Waals surface area contributed by atoms with Crippen LogP contribution in [-0.4, -0.2) is 53.0 Å². The lowest BCUT2D eigenvalue weighted by Crippen LogP contribution is -2.49. The number of benzene rings is 2. The summed E-state index contributed by atoms with van der Waals surface area (Å²) in [5.74, 6) is 1.66. The van der Waals surface area contributed by atoms with Gasteiger partial charge in [0, 0.05) is 37.8 Å². The molecule has 6 nitrogen and oxygen atoms in total. The number of rotatable bonds is 4. The van der Waals surface area contributed by atoms with Crippen LogP contribution in [0.15, 0.2) is 42.5 Å². The summed E-state index contributed by atoms with van der Waals surface area (Å²) in [4.78, 5) is 26.6. The number of nitrogens with one attached hydrogen (secondary N) is 1. The number of aromatic nitrogens is 2. The van der Waals surface area contributed by atoms with E-state index in [4.69, 9.17) is 33.2 Å². The van der Waals surface area contributed by atoms with Gasteiger partial charge in [0.15, 0.2) is 11.6 Å². The van der Waals surface area contributed by atoms with Crippen LogP contribution in [0.5, 0.6) is 0 Å². The Morgan fingerprint density at radius 2 is 1.63 bits per heavy atom. The Bertz CT molecular complexity index is 1110. The third-order valence-corrected chi connectivity index (χ3v) is 6.24. The number of hydrogen-bond acceptors (Lipinski definition) is 5. The van der Waals surface area contributed by atoms with Gasteiger partial charge in [0.1, 0.15) is 0 Å². The van der Waals surface area contributed by atoms with E-state index >= 15 is 0 Å². The molecule has 2 aliphatic rings. The van der Waals surface area contributed by atoms with Gasteiger partial charge in [0.25, 0.3) is 5.91 Å². The number of halogens is 2. The van der Waals surface area contributed by atoms with Crippen molar-refractivity contribution in [3.63, 3.8) is 0 Å². The Morgan fingerprint density at radius 3 is 2.30 bits per heavy atom. The van der Waals surface area contributed by atoms with Crippen molar-refractivity contribution in [3.05, 3.63) is 58.1 Å². The van der Waals surface area contributed by atoms with Crippen LogP contribution in [0, 0.1) is 0 Å². The van der Waals surface area contributed by atoms with Crippen molar-refractivity contribution in [1.82, 2.24) is 14.9 Å². The smallest absolute Gasteiger partial charge is 0.254 e. The van der Waals surface area contributed by atoms with E-state index in [0.717, 1.165) is 22.7 Å². The summed E-state index contributed by atoms with van der Waals surface area (Å²) in [6, 6.07) is 13.4. The first-order chi connectivity index (χ1) is 14.6. The number of hydrogen-bond donors (Lipinski definition) is 1. The standard InChI is InChI=1S/C22H21Cl2N5O/c23-16-8-5-14(13-17(16)24)22(30)29-11-9-28(10-12-29)21-20(25-15-6-7-15)26-18-3-1-2-4-19(18)27-21/h1-5,8,13,15H,6-7,9-12H2,(H,25,26). The van der Waals surface area contributed by atoms with Crippen molar-refractivity contribution in [1.29, 1.82) is 0 Å². The highest BCUT2D eigenvalue weighted by molar-refractivity contribution is 6.42. The number of carbonyl (C=O) groups is 1. The van der Waals surface area contributed by atoms with Gasteiger partial charge in [-0.15, -0.1) is 0 Å². The molecule has 5 rings (SSSR count). The largest absolute Gasteiger partial charge is 0.364 e. The molecule has 1 aliphatic carbocycles. The van der Waals surface area contributed by atoms with Gasteiger partial charge in [0.05, 0.1) is 21.1 Å². The second-order valence-electron chi connectivity index (χ2n) is 7.71. The molecule has 1 saturated carbocycles. The number of carbonyl (C=O) groups excluding carboxylic acids is 1. The van der Waals surface area contributed by atoms with Crippen molar-refractivity contribution in [2.45, 2.75) is 18.9 Å². The Kier molecular flexibility index (Phi) is 5.13. The lowest BCUT2D eigenvalue weighted by molar-refractivity contribution is 0.0746. The topological polar surface area (TPSA) is 61.4 Å². The summed E-state index contributed by atoms with van der Waals surface area (Å²) < 4.78 is 0. The summed E-state index contributed by atoms with van der Waals surface area (Å²) in [6.07, 6.45) is 2.33. The molecule has 1 aliphatic heterocycles. The first-order valence-corrected chi connectivity index (χ1v) is 10.9. The van der Waals surface area contributed by atoms with Crippen molar-refractivity contribution < 1.29 is 4.79 Å². The highest BCUT2D eigenvalue weighted by atomic mass is 35.5. The van der Waals surface area contributed by atoms with E-state index in [1.165, 1.54) is 12.8 Å². The summed E-state index contributed by atoms with van der Waals surface area (Å²) in [5, 5.41) is 4.36. The van der Waals surface area contributed by atoms with Crippen LogP contribution in [0.2, 0.25) is 10.0 Å². The van der Waals surface area contributed by atoms with Crippen LogP contribution in [0.25, 0.3) is 11.0 Å². The highest BCUT2D eigenvalue weighted by Crippen LogP contribution is 2.31. The minimum absolute atomic E-state index is 0.0332. The molecule has 0 radical (unpaired) electrons. The van der Waals surface area contributed by atoms with Gasteiger partial charge >= 0.3 is 0 Å². The first-order valence-electron chi connectivity index (χ1n) is 10.1. The van der Waals surface area contributed by atoms with E-state index in [1.54, 1.807) is 18.2 Å². The van der Waals surface area contributed by atoms with Crippen molar-refractivity contribution in [2.24, 2.45) is 0 Å². The van der Waals surface area contributed by atoms with Crippen LogP contribution >= 0.6 is 23.2 Å². The Labute approximate surface area is 184 Å². The summed E-state index contributed by atoms with van der Waals surface area (Å²) in [5.41, 5.74) is 2.32. The fraction of sp³-hybridized carbons (Fsp3) is 0.318. The molecule has 1 amide bonds. The third-order valence-electron chi connectivity index (χ3n) is 5.50. The van der Waals surface area contributed by atoms with E-state index in [0.29, 0.717) is 47.8 Å². The maximum atomic E-state index is 12.9. The molecular weight excluding hydrogens is 421 g/mol. The number of piperazine rings is 1. The van der Waals surface area contributed by atoms with Gasteiger partial charge in [0.2, 0.25) is 0 Å². The van der Waals surface area contributed by atoms with E-state index in [9.17, 15) is 4.79 Å². The van der Waals surface area contributed by atoms with Gasteiger partial charge in [-0.25, -0.2) is 9.97 Å². The van der Waals surface area contributed by atoms with E-state index in [2.05, 4.69) is 10.2 Å². The van der Waals surface area contributed by atoms with E-state index < -0.39 is 0 Å². The highest BCUT2D eigenvalue weighted by Gasteiger charge is 2.28. The Balaban J connectivity index is 1.35. The van der Waals surface area contributed by atoms with Crippen LogP contribution in [0.1, 0.15) is 23.2 Å². The van der Waals surface area contributed by atoms with Gasteiger partial charge < -0.3 is 15.1 Å². The SMILES string of the molecule is O=C(c1ccc(Cl)c(Cl)c1)N1CCN(c2nc3ccccc3nc2NC2CC2)CC1. The molecule has 1 saturated heterocycles. The van der Waals surface area contributed by atoms with Crippen LogP contribution in [0.4, 0.5) is 11.6 Å². The molecule has 2 heterocycles. The first kappa shape index (κ1) is 19.4. The number of para-hydroxylation sites is 2. The quantitative estimate of drug-likeness (QED) is 0.646. The molecule has 0 atom stereocenters. The molecule has 154 valence electrons. The molecule has 0 spiro atoms. The fourth-order valence-electron chi connectivity index (χ4n) is 3.66. The zero-order valence-corrected chi connectivity index (χ0v) is 17.8. The molecule has 8 heteroatoms. The van der Waals surface area contributed by atoms with Crippen molar-refractivity contribution in [2.75, 3.05) is 36.4 Å². The number of fused-ring (bicyclic) bond motifs is 1. The van der Waals surface area contributed by atoms with E-state index in [1.807, 2.05) is 29.2 Å². The molecule has 1 N–H and O–H groups in total. The number of nitrogens with zero attached hydrogens (tertiary/aromatic N) is 4. The normalized spacial score (nSPS) is 16.7. The number of amides is 1. The molecule has 1 aromatic heterocycles. The zero-order chi connectivity index (χ0) is 20.7. The molecular formula is C22H21Cl2N5O. The zero-order valence-electron chi connectivity index (χ0n) is 16.3. The molecule has 3 aromatic rings. The molecule has 2 fully saturated rings. The average molecular weight is 442 g/mol. The lowest BCUT2D eigenvalue weighted by atomic mass is 10.2. The summed E-state index contributed by atoms with van der Waals surface area (Å²) >= 11 is 12.1. The van der Waals surface area contributed by atoms with Crippen LogP contribution in [-0.2, 0) is 0 Å². The van der Waals surface area contributed by atoms with Crippen LogP contribution < -0.4 is 10.2 Å². The number of anilines is 2. The van der Waals surface area contributed by atoms with Gasteiger partial charge in [-0.2, -0.15) is 0 Å². The lowest BCUT2D eigenvalue weighted by Gasteiger charge is -2.36. The Morgan fingerprint density at radius 1 is 0.933 bits per heavy atom. The second-order valence-corrected chi connectivity index (χ2v) is 8.53. The minimum Gasteiger partial charge on any atom is -0.364 e. The Hall–Kier alpha value is -2.57. The fourth-order valence-corrected chi connectivity index (χ4v) is 3.96. The predicted octanol–water partition coefficient (Wildman–Crippen LogP) is 4.47. The maximum Gasteiger partial charge on any atom is 0.254 e. The van der Waals surface area contributed by atoms with Gasteiger partial charge in [-0.1, -0.05) is 35.3 Å². The molecule has 30 heavy (non-hydrogen) atoms. The second kappa shape index (κ2) is 7.93. The summed E-state index contributed by atoms with van der Waals surface area (Å²) in [6.45, 7) is 2.60.